The van der Waals surface area contributed by atoms with Crippen molar-refractivity contribution in [3.05, 3.63) is 35.4 Å². The number of hydrogen-bond donors (Lipinski definition) is 1. The van der Waals surface area contributed by atoms with Crippen LogP contribution in [0.25, 0.3) is 0 Å². The van der Waals surface area contributed by atoms with Gasteiger partial charge >= 0.3 is 0 Å². The molecule has 0 aromatic heterocycles. The van der Waals surface area contributed by atoms with Gasteiger partial charge in [-0.25, -0.2) is 0 Å². The number of aryl methyl sites for hydroxylation is 1. The van der Waals surface area contributed by atoms with Crippen molar-refractivity contribution in [1.82, 2.24) is 5.32 Å². The van der Waals surface area contributed by atoms with Crippen LogP contribution in [0.1, 0.15) is 43.9 Å². The Labute approximate surface area is 111 Å². The predicted molar refractivity (Wildman–Crippen MR) is 75.7 cm³/mol. The largest absolute Gasteiger partial charge is 0.378 e. The van der Waals surface area contributed by atoms with Crippen LogP contribution in [-0.4, -0.2) is 19.3 Å². The maximum Gasteiger partial charge on any atom is 0.0594 e. The first-order chi connectivity index (χ1) is 8.72. The first kappa shape index (κ1) is 13.6. The highest BCUT2D eigenvalue weighted by molar-refractivity contribution is 5.25. The number of hydrogen-bond acceptors (Lipinski definition) is 2. The Morgan fingerprint density at radius 1 is 1.33 bits per heavy atom. The normalized spacial score (nSPS) is 25.3. The summed E-state index contributed by atoms with van der Waals surface area (Å²) in [6, 6.07) is 9.36. The summed E-state index contributed by atoms with van der Waals surface area (Å²) in [5.41, 5.74) is 2.72. The highest BCUT2D eigenvalue weighted by Crippen LogP contribution is 2.33. The average Bonchev–Trinajstić information content (AvgIpc) is 2.78. The van der Waals surface area contributed by atoms with Crippen molar-refractivity contribution in [1.29, 1.82) is 0 Å². The molecular weight excluding hydrogens is 222 g/mol. The predicted octanol–water partition coefficient (Wildman–Crippen LogP) is 3.46. The van der Waals surface area contributed by atoms with E-state index in [2.05, 4.69) is 50.4 Å². The molecule has 2 heteroatoms. The van der Waals surface area contributed by atoms with Gasteiger partial charge in [0.15, 0.2) is 0 Å². The zero-order valence-electron chi connectivity index (χ0n) is 11.8. The van der Waals surface area contributed by atoms with Crippen LogP contribution >= 0.6 is 0 Å². The van der Waals surface area contributed by atoms with Crippen molar-refractivity contribution in [2.75, 3.05) is 13.2 Å². The molecule has 3 atom stereocenters. The van der Waals surface area contributed by atoms with Crippen LogP contribution in [0.4, 0.5) is 0 Å². The zero-order valence-corrected chi connectivity index (χ0v) is 11.8. The van der Waals surface area contributed by atoms with E-state index in [4.69, 9.17) is 4.74 Å². The molecule has 100 valence electrons. The van der Waals surface area contributed by atoms with Gasteiger partial charge in [0.25, 0.3) is 0 Å². The van der Waals surface area contributed by atoms with Gasteiger partial charge in [0.2, 0.25) is 0 Å². The lowest BCUT2D eigenvalue weighted by Crippen LogP contribution is -2.32. The third-order valence-corrected chi connectivity index (χ3v) is 3.91. The van der Waals surface area contributed by atoms with Gasteiger partial charge in [-0.15, -0.1) is 0 Å². The third kappa shape index (κ3) is 3.12. The van der Waals surface area contributed by atoms with E-state index in [1.807, 2.05) is 0 Å². The van der Waals surface area contributed by atoms with Crippen LogP contribution in [0, 0.1) is 12.8 Å². The minimum absolute atomic E-state index is 0.362. The van der Waals surface area contributed by atoms with E-state index in [-0.39, 0.29) is 0 Å². The Bertz CT molecular complexity index is 360. The molecule has 0 spiro atoms. The van der Waals surface area contributed by atoms with E-state index < -0.39 is 0 Å². The van der Waals surface area contributed by atoms with Gasteiger partial charge in [-0.05, 0) is 38.8 Å². The molecule has 1 fully saturated rings. The summed E-state index contributed by atoms with van der Waals surface area (Å²) in [6.45, 7) is 8.53. The molecule has 1 aromatic carbocycles. The van der Waals surface area contributed by atoms with Crippen LogP contribution in [-0.2, 0) is 4.74 Å². The van der Waals surface area contributed by atoms with Gasteiger partial charge in [-0.3, -0.25) is 0 Å². The van der Waals surface area contributed by atoms with Crippen LogP contribution in [0.15, 0.2) is 24.3 Å². The SMILES string of the molecule is CCCNC(c1ccc(C)cc1)C1CCOC1C. The van der Waals surface area contributed by atoms with Crippen LogP contribution in [0.5, 0.6) is 0 Å². The molecule has 0 bridgehead atoms. The van der Waals surface area contributed by atoms with E-state index in [0.29, 0.717) is 18.1 Å². The van der Waals surface area contributed by atoms with Gasteiger partial charge in [0.05, 0.1) is 6.10 Å². The number of ether oxygens (including phenoxy) is 1. The van der Waals surface area contributed by atoms with E-state index in [1.165, 1.54) is 17.5 Å². The van der Waals surface area contributed by atoms with Crippen molar-refractivity contribution in [2.24, 2.45) is 5.92 Å². The molecule has 1 heterocycles. The fraction of sp³-hybridized carbons (Fsp3) is 0.625. The van der Waals surface area contributed by atoms with Gasteiger partial charge in [0.1, 0.15) is 0 Å². The van der Waals surface area contributed by atoms with Gasteiger partial charge < -0.3 is 10.1 Å². The van der Waals surface area contributed by atoms with E-state index in [0.717, 1.165) is 19.6 Å². The summed E-state index contributed by atoms with van der Waals surface area (Å²) in [5, 5.41) is 3.70. The molecule has 2 nitrogen and oxygen atoms in total. The highest BCUT2D eigenvalue weighted by Gasteiger charge is 2.32. The highest BCUT2D eigenvalue weighted by atomic mass is 16.5. The Balaban J connectivity index is 2.15. The summed E-state index contributed by atoms with van der Waals surface area (Å²) in [4.78, 5) is 0. The molecular formula is C16H25NO. The summed E-state index contributed by atoms with van der Waals surface area (Å²) in [6.07, 6.45) is 2.70. The quantitative estimate of drug-likeness (QED) is 0.860. The van der Waals surface area contributed by atoms with E-state index in [1.54, 1.807) is 0 Å². The summed E-state index contributed by atoms with van der Waals surface area (Å²) in [5.74, 6) is 0.597. The standard InChI is InChI=1S/C16H25NO/c1-4-10-17-16(15-9-11-18-13(15)3)14-7-5-12(2)6-8-14/h5-8,13,15-17H,4,9-11H2,1-3H3. The Hall–Kier alpha value is -0.860. The van der Waals surface area contributed by atoms with Crippen molar-refractivity contribution in [3.8, 4) is 0 Å². The lowest BCUT2D eigenvalue weighted by atomic mass is 9.88. The molecule has 2 rings (SSSR count). The molecule has 0 radical (unpaired) electrons. The van der Waals surface area contributed by atoms with Gasteiger partial charge in [-0.1, -0.05) is 36.8 Å². The molecule has 0 amide bonds. The summed E-state index contributed by atoms with van der Waals surface area (Å²) >= 11 is 0. The second kappa shape index (κ2) is 6.35. The second-order valence-electron chi connectivity index (χ2n) is 5.37. The van der Waals surface area contributed by atoms with Crippen molar-refractivity contribution in [2.45, 2.75) is 45.8 Å². The first-order valence-electron chi connectivity index (χ1n) is 7.14. The Kier molecular flexibility index (Phi) is 4.79. The molecule has 1 aromatic rings. The van der Waals surface area contributed by atoms with Crippen molar-refractivity contribution < 1.29 is 4.74 Å². The molecule has 18 heavy (non-hydrogen) atoms. The minimum Gasteiger partial charge on any atom is -0.378 e. The minimum atomic E-state index is 0.362. The smallest absolute Gasteiger partial charge is 0.0594 e. The summed E-state index contributed by atoms with van der Waals surface area (Å²) < 4.78 is 5.73. The average molecular weight is 247 g/mol. The lowest BCUT2D eigenvalue weighted by molar-refractivity contribution is 0.0954. The lowest BCUT2D eigenvalue weighted by Gasteiger charge is -2.27. The molecule has 1 saturated heterocycles. The first-order valence-corrected chi connectivity index (χ1v) is 7.14. The Morgan fingerprint density at radius 3 is 2.61 bits per heavy atom. The molecule has 3 unspecified atom stereocenters. The third-order valence-electron chi connectivity index (χ3n) is 3.91. The van der Waals surface area contributed by atoms with Crippen LogP contribution in [0.2, 0.25) is 0 Å². The van der Waals surface area contributed by atoms with Crippen molar-refractivity contribution >= 4 is 0 Å². The second-order valence-corrected chi connectivity index (χ2v) is 5.37. The monoisotopic (exact) mass is 247 g/mol. The Morgan fingerprint density at radius 2 is 2.06 bits per heavy atom. The molecule has 1 aliphatic heterocycles. The zero-order chi connectivity index (χ0) is 13.0. The molecule has 0 saturated carbocycles. The fourth-order valence-corrected chi connectivity index (χ4v) is 2.78. The summed E-state index contributed by atoms with van der Waals surface area (Å²) in [7, 11) is 0. The number of rotatable bonds is 5. The fourth-order valence-electron chi connectivity index (χ4n) is 2.78. The van der Waals surface area contributed by atoms with E-state index in [9.17, 15) is 0 Å². The number of benzene rings is 1. The van der Waals surface area contributed by atoms with Crippen LogP contribution in [0.3, 0.4) is 0 Å². The van der Waals surface area contributed by atoms with Crippen molar-refractivity contribution in [3.63, 3.8) is 0 Å². The van der Waals surface area contributed by atoms with Crippen LogP contribution < -0.4 is 5.32 Å². The van der Waals surface area contributed by atoms with Gasteiger partial charge in [0, 0.05) is 18.6 Å². The molecule has 1 aliphatic rings. The van der Waals surface area contributed by atoms with Gasteiger partial charge in [-0.2, -0.15) is 0 Å². The maximum atomic E-state index is 5.73. The maximum absolute atomic E-state index is 5.73. The van der Waals surface area contributed by atoms with E-state index >= 15 is 0 Å². The topological polar surface area (TPSA) is 21.3 Å². The molecule has 0 aliphatic carbocycles. The number of nitrogens with one attached hydrogen (secondary N) is 1. The molecule has 1 N–H and O–H groups in total.